The summed E-state index contributed by atoms with van der Waals surface area (Å²) in [5, 5.41) is 1.11. The monoisotopic (exact) mass is 175 g/mol. The standard InChI is InChI=1S/C10H13N3/c1-2-3-4-9-5-8-6-11-7-12-10(8)13-9/h5-7H,2-4H2,1H3,(H,11,12,13). The summed E-state index contributed by atoms with van der Waals surface area (Å²) < 4.78 is 0. The van der Waals surface area contributed by atoms with E-state index in [2.05, 4.69) is 27.9 Å². The lowest BCUT2D eigenvalue weighted by atomic mass is 10.2. The normalized spacial score (nSPS) is 10.8. The third kappa shape index (κ3) is 1.69. The average molecular weight is 175 g/mol. The van der Waals surface area contributed by atoms with Crippen molar-refractivity contribution < 1.29 is 0 Å². The molecule has 0 radical (unpaired) electrons. The van der Waals surface area contributed by atoms with Gasteiger partial charge in [0.05, 0.1) is 0 Å². The second-order valence-electron chi connectivity index (χ2n) is 3.22. The highest BCUT2D eigenvalue weighted by Gasteiger charge is 1.99. The maximum absolute atomic E-state index is 4.14. The molecule has 0 aliphatic heterocycles. The fraction of sp³-hybridized carbons (Fsp3) is 0.400. The van der Waals surface area contributed by atoms with E-state index in [1.54, 1.807) is 6.33 Å². The maximum atomic E-state index is 4.14. The van der Waals surface area contributed by atoms with E-state index in [1.165, 1.54) is 18.5 Å². The summed E-state index contributed by atoms with van der Waals surface area (Å²) in [5.41, 5.74) is 2.21. The largest absolute Gasteiger partial charge is 0.343 e. The molecule has 68 valence electrons. The van der Waals surface area contributed by atoms with Crippen molar-refractivity contribution in [3.63, 3.8) is 0 Å². The molecule has 0 saturated heterocycles. The van der Waals surface area contributed by atoms with Crippen LogP contribution in [0.4, 0.5) is 0 Å². The summed E-state index contributed by atoms with van der Waals surface area (Å²) in [6, 6.07) is 2.13. The van der Waals surface area contributed by atoms with Crippen molar-refractivity contribution in [2.75, 3.05) is 0 Å². The predicted molar refractivity (Wildman–Crippen MR) is 52.5 cm³/mol. The van der Waals surface area contributed by atoms with Crippen LogP contribution in [0.1, 0.15) is 25.5 Å². The number of rotatable bonds is 3. The van der Waals surface area contributed by atoms with E-state index in [0.29, 0.717) is 0 Å². The van der Waals surface area contributed by atoms with Crippen LogP contribution in [-0.2, 0) is 6.42 Å². The van der Waals surface area contributed by atoms with Crippen LogP contribution in [0.25, 0.3) is 11.0 Å². The van der Waals surface area contributed by atoms with Crippen molar-refractivity contribution in [1.82, 2.24) is 15.0 Å². The first kappa shape index (κ1) is 8.23. The van der Waals surface area contributed by atoms with Crippen molar-refractivity contribution in [2.24, 2.45) is 0 Å². The maximum Gasteiger partial charge on any atom is 0.140 e. The Bertz CT molecular complexity index is 359. The number of unbranched alkanes of at least 4 members (excludes halogenated alkanes) is 1. The number of aromatic amines is 1. The Morgan fingerprint density at radius 2 is 2.38 bits per heavy atom. The van der Waals surface area contributed by atoms with Gasteiger partial charge < -0.3 is 4.98 Å². The van der Waals surface area contributed by atoms with Gasteiger partial charge in [-0.3, -0.25) is 0 Å². The van der Waals surface area contributed by atoms with Crippen LogP contribution < -0.4 is 0 Å². The highest BCUT2D eigenvalue weighted by Crippen LogP contribution is 2.12. The van der Waals surface area contributed by atoms with Crippen LogP contribution in [0.15, 0.2) is 18.6 Å². The smallest absolute Gasteiger partial charge is 0.140 e. The van der Waals surface area contributed by atoms with Crippen molar-refractivity contribution in [3.05, 3.63) is 24.3 Å². The van der Waals surface area contributed by atoms with Gasteiger partial charge in [-0.15, -0.1) is 0 Å². The molecule has 1 N–H and O–H groups in total. The van der Waals surface area contributed by atoms with Gasteiger partial charge in [-0.2, -0.15) is 0 Å². The zero-order chi connectivity index (χ0) is 9.10. The Morgan fingerprint density at radius 3 is 3.15 bits per heavy atom. The molecule has 2 aromatic heterocycles. The van der Waals surface area contributed by atoms with Gasteiger partial charge in [-0.25, -0.2) is 9.97 Å². The lowest BCUT2D eigenvalue weighted by Gasteiger charge is -1.92. The molecule has 0 saturated carbocycles. The molecule has 0 bridgehead atoms. The van der Waals surface area contributed by atoms with E-state index < -0.39 is 0 Å². The molecule has 3 heteroatoms. The van der Waals surface area contributed by atoms with Crippen LogP contribution in [-0.4, -0.2) is 15.0 Å². The molecular weight excluding hydrogens is 162 g/mol. The highest BCUT2D eigenvalue weighted by molar-refractivity contribution is 5.75. The van der Waals surface area contributed by atoms with Crippen LogP contribution in [0.5, 0.6) is 0 Å². The molecule has 2 rings (SSSR count). The second kappa shape index (κ2) is 3.56. The Labute approximate surface area is 77.2 Å². The minimum Gasteiger partial charge on any atom is -0.343 e. The van der Waals surface area contributed by atoms with Crippen LogP contribution >= 0.6 is 0 Å². The Hall–Kier alpha value is -1.38. The molecule has 0 unspecified atom stereocenters. The van der Waals surface area contributed by atoms with Gasteiger partial charge in [0.25, 0.3) is 0 Å². The third-order valence-corrected chi connectivity index (χ3v) is 2.15. The minimum atomic E-state index is 0.945. The molecule has 0 aliphatic carbocycles. The van der Waals surface area contributed by atoms with E-state index in [-0.39, 0.29) is 0 Å². The third-order valence-electron chi connectivity index (χ3n) is 2.15. The summed E-state index contributed by atoms with van der Waals surface area (Å²) in [7, 11) is 0. The number of nitrogens with zero attached hydrogens (tertiary/aromatic N) is 2. The first-order valence-electron chi connectivity index (χ1n) is 4.67. The van der Waals surface area contributed by atoms with Crippen molar-refractivity contribution in [1.29, 1.82) is 0 Å². The summed E-state index contributed by atoms with van der Waals surface area (Å²) >= 11 is 0. The second-order valence-corrected chi connectivity index (χ2v) is 3.22. The van der Waals surface area contributed by atoms with Crippen molar-refractivity contribution in [2.45, 2.75) is 26.2 Å². The number of hydrogen-bond donors (Lipinski definition) is 1. The highest BCUT2D eigenvalue weighted by atomic mass is 14.9. The SMILES string of the molecule is CCCCc1cc2cncnc2[nH]1. The number of hydrogen-bond acceptors (Lipinski definition) is 2. The number of aromatic nitrogens is 3. The van der Waals surface area contributed by atoms with Gasteiger partial charge in [0.15, 0.2) is 0 Å². The molecule has 0 aliphatic rings. The summed E-state index contributed by atoms with van der Waals surface area (Å²) in [5.74, 6) is 0. The van der Waals surface area contributed by atoms with Gasteiger partial charge in [0.1, 0.15) is 12.0 Å². The fourth-order valence-corrected chi connectivity index (χ4v) is 1.43. The first-order valence-corrected chi connectivity index (χ1v) is 4.67. The first-order chi connectivity index (χ1) is 6.40. The molecule has 3 nitrogen and oxygen atoms in total. The number of aryl methyl sites for hydroxylation is 1. The molecule has 0 fully saturated rings. The van der Waals surface area contributed by atoms with E-state index in [1.807, 2.05) is 6.20 Å². The van der Waals surface area contributed by atoms with E-state index in [9.17, 15) is 0 Å². The fourth-order valence-electron chi connectivity index (χ4n) is 1.43. The average Bonchev–Trinajstić information content (AvgIpc) is 2.57. The predicted octanol–water partition coefficient (Wildman–Crippen LogP) is 2.30. The topological polar surface area (TPSA) is 41.6 Å². The molecular formula is C10H13N3. The Kier molecular flexibility index (Phi) is 2.25. The molecule has 0 aromatic carbocycles. The van der Waals surface area contributed by atoms with Crippen LogP contribution in [0.2, 0.25) is 0 Å². The quantitative estimate of drug-likeness (QED) is 0.777. The van der Waals surface area contributed by atoms with Gasteiger partial charge in [0.2, 0.25) is 0 Å². The summed E-state index contributed by atoms with van der Waals surface area (Å²) in [4.78, 5) is 11.4. The molecule has 2 heterocycles. The van der Waals surface area contributed by atoms with E-state index in [4.69, 9.17) is 0 Å². The van der Waals surface area contributed by atoms with Gasteiger partial charge in [-0.1, -0.05) is 13.3 Å². The number of nitrogens with one attached hydrogen (secondary N) is 1. The zero-order valence-corrected chi connectivity index (χ0v) is 7.75. The van der Waals surface area contributed by atoms with Gasteiger partial charge >= 0.3 is 0 Å². The Morgan fingerprint density at radius 1 is 1.46 bits per heavy atom. The van der Waals surface area contributed by atoms with Gasteiger partial charge in [0, 0.05) is 17.3 Å². The van der Waals surface area contributed by atoms with Crippen molar-refractivity contribution >= 4 is 11.0 Å². The molecule has 0 spiro atoms. The number of fused-ring (bicyclic) bond motifs is 1. The van der Waals surface area contributed by atoms with Crippen LogP contribution in [0, 0.1) is 0 Å². The van der Waals surface area contributed by atoms with Crippen molar-refractivity contribution in [3.8, 4) is 0 Å². The van der Waals surface area contributed by atoms with E-state index in [0.717, 1.165) is 17.5 Å². The molecule has 13 heavy (non-hydrogen) atoms. The molecule has 0 atom stereocenters. The minimum absolute atomic E-state index is 0.945. The lowest BCUT2D eigenvalue weighted by molar-refractivity contribution is 0.782. The van der Waals surface area contributed by atoms with Crippen LogP contribution in [0.3, 0.4) is 0 Å². The lowest BCUT2D eigenvalue weighted by Crippen LogP contribution is -1.83. The summed E-state index contributed by atoms with van der Waals surface area (Å²) in [6.45, 7) is 2.20. The summed E-state index contributed by atoms with van der Waals surface area (Å²) in [6.07, 6.45) is 6.96. The number of H-pyrrole nitrogens is 1. The zero-order valence-electron chi connectivity index (χ0n) is 7.75. The molecule has 0 amide bonds. The van der Waals surface area contributed by atoms with Gasteiger partial charge in [-0.05, 0) is 18.9 Å². The Balaban J connectivity index is 2.28. The molecule has 2 aromatic rings. The van der Waals surface area contributed by atoms with E-state index >= 15 is 0 Å².